The molecule has 6 heteroatoms. The van der Waals surface area contributed by atoms with Crippen LogP contribution in [0.3, 0.4) is 0 Å². The summed E-state index contributed by atoms with van der Waals surface area (Å²) in [5.41, 5.74) is 1.56. The van der Waals surface area contributed by atoms with Crippen molar-refractivity contribution >= 4 is 39.8 Å². The Kier molecular flexibility index (Phi) is 4.57. The summed E-state index contributed by atoms with van der Waals surface area (Å²) >= 11 is 3.41. The number of hydrogen-bond acceptors (Lipinski definition) is 5. The minimum atomic E-state index is -0.529. The van der Waals surface area contributed by atoms with Crippen molar-refractivity contribution in [3.63, 3.8) is 0 Å². The topological polar surface area (TPSA) is 65.0 Å². The normalized spacial score (nSPS) is 15.2. The number of halogens is 1. The van der Waals surface area contributed by atoms with Crippen LogP contribution in [0.25, 0.3) is 6.08 Å². The first-order valence-corrected chi connectivity index (χ1v) is 7.88. The van der Waals surface area contributed by atoms with E-state index in [1.54, 1.807) is 36.4 Å². The van der Waals surface area contributed by atoms with E-state index < -0.39 is 11.9 Å². The number of aliphatic imine (C=N–C) groups is 1. The number of carbonyl (C=O) groups is 2. The quantitative estimate of drug-likeness (QED) is 0.458. The minimum Gasteiger partial charge on any atom is -0.427 e. The number of esters is 2. The molecule has 24 heavy (non-hydrogen) atoms. The summed E-state index contributed by atoms with van der Waals surface area (Å²) < 4.78 is 11.0. The second kappa shape index (κ2) is 6.80. The molecule has 120 valence electrons. The van der Waals surface area contributed by atoms with Crippen LogP contribution in [0.2, 0.25) is 0 Å². The number of benzene rings is 2. The fraction of sp³-hybridized carbons (Fsp3) is 0.0556. The van der Waals surface area contributed by atoms with Gasteiger partial charge in [-0.3, -0.25) is 4.79 Å². The average molecular weight is 386 g/mol. The molecule has 0 atom stereocenters. The molecule has 0 aliphatic carbocycles. The molecule has 3 rings (SSSR count). The molecule has 5 nitrogen and oxygen atoms in total. The van der Waals surface area contributed by atoms with Crippen LogP contribution in [0.4, 0.5) is 0 Å². The third kappa shape index (κ3) is 3.60. The lowest BCUT2D eigenvalue weighted by Crippen LogP contribution is -2.05. The van der Waals surface area contributed by atoms with Crippen LogP contribution in [-0.2, 0) is 14.3 Å². The van der Waals surface area contributed by atoms with E-state index in [4.69, 9.17) is 9.47 Å². The van der Waals surface area contributed by atoms with E-state index in [0.717, 1.165) is 4.47 Å². The Labute approximate surface area is 146 Å². The van der Waals surface area contributed by atoms with Crippen molar-refractivity contribution in [1.82, 2.24) is 0 Å². The third-order valence-electron chi connectivity index (χ3n) is 3.15. The molecule has 0 saturated heterocycles. The Balaban J connectivity index is 1.92. The first kappa shape index (κ1) is 16.1. The molecule has 0 unspecified atom stereocenters. The van der Waals surface area contributed by atoms with Gasteiger partial charge in [0.25, 0.3) is 0 Å². The zero-order chi connectivity index (χ0) is 17.1. The van der Waals surface area contributed by atoms with Gasteiger partial charge in [0.1, 0.15) is 5.75 Å². The van der Waals surface area contributed by atoms with Crippen molar-refractivity contribution in [2.24, 2.45) is 4.99 Å². The van der Waals surface area contributed by atoms with Crippen molar-refractivity contribution in [2.45, 2.75) is 6.92 Å². The predicted molar refractivity (Wildman–Crippen MR) is 92.5 cm³/mol. The Morgan fingerprint density at radius 1 is 1.21 bits per heavy atom. The highest BCUT2D eigenvalue weighted by Crippen LogP contribution is 2.24. The molecular formula is C18H12BrNO4. The van der Waals surface area contributed by atoms with Gasteiger partial charge in [0.2, 0.25) is 5.90 Å². The van der Waals surface area contributed by atoms with Crippen molar-refractivity contribution < 1.29 is 19.1 Å². The third-order valence-corrected chi connectivity index (χ3v) is 3.84. The number of nitrogens with zero attached hydrogens (tertiary/aromatic N) is 1. The van der Waals surface area contributed by atoms with Gasteiger partial charge in [-0.25, -0.2) is 9.79 Å². The van der Waals surface area contributed by atoms with E-state index in [2.05, 4.69) is 20.9 Å². The maximum atomic E-state index is 12.0. The van der Waals surface area contributed by atoms with E-state index in [0.29, 0.717) is 16.9 Å². The lowest BCUT2D eigenvalue weighted by Gasteiger charge is -2.01. The van der Waals surface area contributed by atoms with Crippen LogP contribution < -0.4 is 4.74 Å². The van der Waals surface area contributed by atoms with Crippen LogP contribution in [0, 0.1) is 0 Å². The number of rotatable bonds is 3. The molecule has 0 aromatic heterocycles. The molecular weight excluding hydrogens is 374 g/mol. The van der Waals surface area contributed by atoms with Crippen molar-refractivity contribution in [2.75, 3.05) is 0 Å². The second-order valence-corrected chi connectivity index (χ2v) is 5.84. The van der Waals surface area contributed by atoms with Crippen LogP contribution >= 0.6 is 15.9 Å². The van der Waals surface area contributed by atoms with Crippen molar-refractivity contribution in [3.05, 3.63) is 69.8 Å². The van der Waals surface area contributed by atoms with Crippen LogP contribution in [0.15, 0.2) is 63.7 Å². The highest BCUT2D eigenvalue weighted by Gasteiger charge is 2.25. The van der Waals surface area contributed by atoms with Gasteiger partial charge in [-0.1, -0.05) is 24.3 Å². The second-order valence-electron chi connectivity index (χ2n) is 4.98. The number of hydrogen-bond donors (Lipinski definition) is 0. The largest absolute Gasteiger partial charge is 0.427 e. The first-order valence-electron chi connectivity index (χ1n) is 7.09. The fourth-order valence-corrected chi connectivity index (χ4v) is 2.61. The van der Waals surface area contributed by atoms with E-state index in [1.165, 1.54) is 6.92 Å². The zero-order valence-electron chi connectivity index (χ0n) is 12.7. The van der Waals surface area contributed by atoms with Gasteiger partial charge in [-0.05, 0) is 51.8 Å². The maximum Gasteiger partial charge on any atom is 0.363 e. The number of cyclic esters (lactones) is 1. The summed E-state index contributed by atoms with van der Waals surface area (Å²) in [6.45, 7) is 1.33. The monoisotopic (exact) mass is 385 g/mol. The van der Waals surface area contributed by atoms with Crippen molar-refractivity contribution in [3.8, 4) is 5.75 Å². The molecule has 0 N–H and O–H groups in total. The summed E-state index contributed by atoms with van der Waals surface area (Å²) in [4.78, 5) is 27.3. The number of ether oxygens (including phenoxy) is 2. The summed E-state index contributed by atoms with van der Waals surface area (Å²) in [6.07, 6.45) is 1.58. The minimum absolute atomic E-state index is 0.181. The molecule has 2 aromatic rings. The Hall–Kier alpha value is -2.73. The van der Waals surface area contributed by atoms with Gasteiger partial charge in [-0.2, -0.15) is 0 Å². The lowest BCUT2D eigenvalue weighted by molar-refractivity contribution is -0.132. The first-order chi connectivity index (χ1) is 11.5. The Morgan fingerprint density at radius 3 is 2.75 bits per heavy atom. The average Bonchev–Trinajstić information content (AvgIpc) is 2.88. The standard InChI is InChI=1S/C18H12BrNO4/c1-11(21)23-13-6-4-5-12(9-13)10-16-18(22)24-17(20-16)14-7-2-3-8-15(14)19/h2-10H,1H3. The van der Waals surface area contributed by atoms with Gasteiger partial charge < -0.3 is 9.47 Å². The summed E-state index contributed by atoms with van der Waals surface area (Å²) in [6, 6.07) is 14.2. The van der Waals surface area contributed by atoms with Crippen LogP contribution in [0.1, 0.15) is 18.1 Å². The maximum absolute atomic E-state index is 12.0. The van der Waals surface area contributed by atoms with E-state index in [1.807, 2.05) is 18.2 Å². The number of carbonyl (C=O) groups excluding carboxylic acids is 2. The van der Waals surface area contributed by atoms with E-state index in [-0.39, 0.29) is 11.6 Å². The van der Waals surface area contributed by atoms with Gasteiger partial charge >= 0.3 is 11.9 Å². The van der Waals surface area contributed by atoms with Gasteiger partial charge in [0.15, 0.2) is 5.70 Å². The summed E-state index contributed by atoms with van der Waals surface area (Å²) in [5, 5.41) is 0. The molecule has 0 amide bonds. The van der Waals surface area contributed by atoms with Gasteiger partial charge in [0, 0.05) is 11.4 Å². The SMILES string of the molecule is CC(=O)Oc1cccc(C=C2N=C(c3ccccc3Br)OC2=O)c1. The highest BCUT2D eigenvalue weighted by atomic mass is 79.9. The van der Waals surface area contributed by atoms with Crippen LogP contribution in [0.5, 0.6) is 5.75 Å². The molecule has 0 fully saturated rings. The van der Waals surface area contributed by atoms with Gasteiger partial charge in [0.05, 0.1) is 5.56 Å². The summed E-state index contributed by atoms with van der Waals surface area (Å²) in [5.74, 6) is -0.291. The lowest BCUT2D eigenvalue weighted by atomic mass is 10.2. The predicted octanol–water partition coefficient (Wildman–Crippen LogP) is 3.72. The highest BCUT2D eigenvalue weighted by molar-refractivity contribution is 9.10. The Bertz CT molecular complexity index is 886. The van der Waals surface area contributed by atoms with E-state index >= 15 is 0 Å². The smallest absolute Gasteiger partial charge is 0.363 e. The molecule has 0 saturated carbocycles. The molecule has 0 spiro atoms. The fourth-order valence-electron chi connectivity index (χ4n) is 2.15. The Morgan fingerprint density at radius 2 is 2.00 bits per heavy atom. The molecule has 2 aromatic carbocycles. The van der Waals surface area contributed by atoms with Gasteiger partial charge in [-0.15, -0.1) is 0 Å². The molecule has 1 aliphatic rings. The molecule has 1 heterocycles. The summed E-state index contributed by atoms with van der Waals surface area (Å²) in [7, 11) is 0. The molecule has 0 radical (unpaired) electrons. The van der Waals surface area contributed by atoms with Crippen LogP contribution in [-0.4, -0.2) is 17.8 Å². The molecule has 0 bridgehead atoms. The van der Waals surface area contributed by atoms with Crippen molar-refractivity contribution in [1.29, 1.82) is 0 Å². The molecule has 1 aliphatic heterocycles. The van der Waals surface area contributed by atoms with E-state index in [9.17, 15) is 9.59 Å². The zero-order valence-corrected chi connectivity index (χ0v) is 14.2.